The van der Waals surface area contributed by atoms with E-state index < -0.39 is 0 Å². The van der Waals surface area contributed by atoms with Gasteiger partial charge in [-0.25, -0.2) is 0 Å². The minimum absolute atomic E-state index is 0.0218. The summed E-state index contributed by atoms with van der Waals surface area (Å²) in [6.07, 6.45) is 0.0871. The van der Waals surface area contributed by atoms with E-state index in [-0.39, 0.29) is 51.6 Å². The van der Waals surface area contributed by atoms with Crippen LogP contribution in [0.1, 0.15) is 46.7 Å². The standard InChI is InChI=1S/2C20H18O6/c2*1-3-15-17(25-9-23-15)5-11(1)19-13-7-22-20(14(13)8-21-19)12-2-4-16-18(6-12)26-10-24-16/h2*1-6,13-14,19-20H,7-10H2/t13-,14-,19+,20+;13-,14-,19-,20+/m00/s1. The minimum Gasteiger partial charge on any atom is -0.454 e. The second-order valence-corrected chi connectivity index (χ2v) is 14.1. The Balaban J connectivity index is 0.000000123. The maximum Gasteiger partial charge on any atom is 0.231 e. The molecule has 8 aliphatic rings. The van der Waals surface area contributed by atoms with Gasteiger partial charge in [0.1, 0.15) is 0 Å². The summed E-state index contributed by atoms with van der Waals surface area (Å²) in [5, 5.41) is 0. The summed E-state index contributed by atoms with van der Waals surface area (Å²) in [4.78, 5) is 0. The van der Waals surface area contributed by atoms with Crippen molar-refractivity contribution in [2.75, 3.05) is 53.6 Å². The first-order valence-corrected chi connectivity index (χ1v) is 17.8. The van der Waals surface area contributed by atoms with Crippen molar-refractivity contribution in [3.63, 3.8) is 0 Å². The van der Waals surface area contributed by atoms with Gasteiger partial charge in [0.05, 0.1) is 50.8 Å². The Morgan fingerprint density at radius 1 is 0.288 bits per heavy atom. The highest BCUT2D eigenvalue weighted by Crippen LogP contribution is 2.53. The van der Waals surface area contributed by atoms with Gasteiger partial charge in [0.2, 0.25) is 27.2 Å². The first-order valence-electron chi connectivity index (χ1n) is 17.8. The summed E-state index contributed by atoms with van der Waals surface area (Å²) < 4.78 is 68.4. The lowest BCUT2D eigenvalue weighted by Gasteiger charge is -2.17. The number of benzene rings is 4. The average molecular weight is 709 g/mol. The Hall–Kier alpha value is -4.88. The molecule has 0 unspecified atom stereocenters. The third kappa shape index (κ3) is 5.11. The fourth-order valence-corrected chi connectivity index (χ4v) is 8.83. The molecule has 4 saturated heterocycles. The lowest BCUT2D eigenvalue weighted by molar-refractivity contribution is 0.0190. The Labute approximate surface area is 299 Å². The van der Waals surface area contributed by atoms with E-state index in [1.165, 1.54) is 0 Å². The number of rotatable bonds is 4. The van der Waals surface area contributed by atoms with Crippen LogP contribution in [0, 0.1) is 23.7 Å². The first-order chi connectivity index (χ1) is 25.7. The van der Waals surface area contributed by atoms with Gasteiger partial charge in [-0.3, -0.25) is 0 Å². The summed E-state index contributed by atoms with van der Waals surface area (Å²) in [5.74, 6) is 7.65. The largest absolute Gasteiger partial charge is 0.454 e. The molecule has 0 aromatic heterocycles. The Bertz CT molecular complexity index is 1730. The molecule has 8 atom stereocenters. The van der Waals surface area contributed by atoms with Crippen molar-refractivity contribution in [1.82, 2.24) is 0 Å². The maximum absolute atomic E-state index is 6.18. The Kier molecular flexibility index (Phi) is 7.31. The van der Waals surface area contributed by atoms with Gasteiger partial charge in [-0.05, 0) is 70.8 Å². The third-order valence-corrected chi connectivity index (χ3v) is 11.4. The molecular weight excluding hydrogens is 672 g/mol. The van der Waals surface area contributed by atoms with Crippen molar-refractivity contribution in [2.24, 2.45) is 23.7 Å². The monoisotopic (exact) mass is 708 g/mol. The predicted octanol–water partition coefficient (Wildman–Crippen LogP) is 6.44. The molecule has 4 aromatic rings. The topological polar surface area (TPSA) is 111 Å². The molecule has 4 fully saturated rings. The van der Waals surface area contributed by atoms with Crippen LogP contribution < -0.4 is 37.9 Å². The summed E-state index contributed by atoms with van der Waals surface area (Å²) >= 11 is 0. The maximum atomic E-state index is 6.18. The van der Waals surface area contributed by atoms with Gasteiger partial charge in [-0.2, -0.15) is 0 Å². The molecule has 12 heteroatoms. The van der Waals surface area contributed by atoms with E-state index in [2.05, 4.69) is 24.3 Å². The molecule has 0 saturated carbocycles. The van der Waals surface area contributed by atoms with E-state index in [4.69, 9.17) is 56.8 Å². The zero-order valence-electron chi connectivity index (χ0n) is 28.1. The van der Waals surface area contributed by atoms with Crippen LogP contribution in [0.5, 0.6) is 46.0 Å². The predicted molar refractivity (Wildman–Crippen MR) is 179 cm³/mol. The van der Waals surface area contributed by atoms with Crippen molar-refractivity contribution in [1.29, 1.82) is 0 Å². The average Bonchev–Trinajstić information content (AvgIpc) is 4.02. The Morgan fingerprint density at radius 3 is 0.769 bits per heavy atom. The van der Waals surface area contributed by atoms with E-state index in [0.717, 1.165) is 68.2 Å². The van der Waals surface area contributed by atoms with Crippen LogP contribution in [0.2, 0.25) is 0 Å². The normalized spacial score (nSPS) is 30.6. The van der Waals surface area contributed by atoms with E-state index in [0.29, 0.717) is 50.1 Å². The molecule has 268 valence electrons. The Morgan fingerprint density at radius 2 is 0.519 bits per heavy atom. The molecule has 0 N–H and O–H groups in total. The molecule has 4 aromatic carbocycles. The zero-order valence-corrected chi connectivity index (χ0v) is 28.1. The summed E-state index contributed by atoms with van der Waals surface area (Å²) in [6, 6.07) is 24.2. The van der Waals surface area contributed by atoms with Gasteiger partial charge in [0, 0.05) is 23.7 Å². The minimum atomic E-state index is 0.0218. The third-order valence-electron chi connectivity index (χ3n) is 11.4. The lowest BCUT2D eigenvalue weighted by Crippen LogP contribution is -2.14. The SMILES string of the molecule is c1cc2c(cc1[C@H]1OC[C@H]3[C@@H]1CO[C@@H]3c1ccc3c(c1)OCO3)OCO2.c1cc2c(cc1[C@H]1OC[C@H]3[C@@H]1CO[C@H]3c1ccc3c(c1)OCO3)OCO2. The lowest BCUT2D eigenvalue weighted by atomic mass is 9.85. The van der Waals surface area contributed by atoms with Crippen LogP contribution in [0.25, 0.3) is 0 Å². The highest BCUT2D eigenvalue weighted by molar-refractivity contribution is 5.48. The molecule has 8 aliphatic heterocycles. The van der Waals surface area contributed by atoms with Gasteiger partial charge in [0.15, 0.2) is 46.0 Å². The van der Waals surface area contributed by atoms with E-state index >= 15 is 0 Å². The fourth-order valence-electron chi connectivity index (χ4n) is 8.83. The van der Waals surface area contributed by atoms with Crippen molar-refractivity contribution in [3.05, 3.63) is 95.1 Å². The second kappa shape index (κ2) is 12.4. The van der Waals surface area contributed by atoms with Gasteiger partial charge in [-0.15, -0.1) is 0 Å². The van der Waals surface area contributed by atoms with Crippen LogP contribution in [-0.2, 0) is 18.9 Å². The molecule has 8 heterocycles. The molecule has 0 aliphatic carbocycles. The van der Waals surface area contributed by atoms with Crippen LogP contribution in [0.15, 0.2) is 72.8 Å². The quantitative estimate of drug-likeness (QED) is 0.233. The second-order valence-electron chi connectivity index (χ2n) is 14.1. The molecule has 0 spiro atoms. The molecule has 0 amide bonds. The number of hydrogen-bond acceptors (Lipinski definition) is 12. The van der Waals surface area contributed by atoms with Crippen molar-refractivity contribution in [2.45, 2.75) is 24.4 Å². The van der Waals surface area contributed by atoms with Crippen molar-refractivity contribution < 1.29 is 56.8 Å². The summed E-state index contributed by atoms with van der Waals surface area (Å²) in [6.45, 7) is 3.87. The van der Waals surface area contributed by atoms with Crippen LogP contribution >= 0.6 is 0 Å². The smallest absolute Gasteiger partial charge is 0.231 e. The van der Waals surface area contributed by atoms with Crippen LogP contribution in [0.3, 0.4) is 0 Å². The molecule has 0 bridgehead atoms. The molecule has 12 nitrogen and oxygen atoms in total. The zero-order chi connectivity index (χ0) is 34.2. The fraction of sp³-hybridized carbons (Fsp3) is 0.400. The summed E-state index contributed by atoms with van der Waals surface area (Å²) in [5.41, 5.74) is 4.49. The molecule has 52 heavy (non-hydrogen) atoms. The highest BCUT2D eigenvalue weighted by Gasteiger charge is 2.50. The molecular formula is C40H36O12. The van der Waals surface area contributed by atoms with Gasteiger partial charge in [0.25, 0.3) is 0 Å². The number of fused-ring (bicyclic) bond motifs is 6. The highest BCUT2D eigenvalue weighted by atomic mass is 16.7. The van der Waals surface area contributed by atoms with E-state index in [9.17, 15) is 0 Å². The number of ether oxygens (including phenoxy) is 12. The van der Waals surface area contributed by atoms with Gasteiger partial charge in [-0.1, -0.05) is 24.3 Å². The van der Waals surface area contributed by atoms with Crippen molar-refractivity contribution >= 4 is 0 Å². The van der Waals surface area contributed by atoms with Gasteiger partial charge >= 0.3 is 0 Å². The molecule has 12 rings (SSSR count). The van der Waals surface area contributed by atoms with Gasteiger partial charge < -0.3 is 56.8 Å². The van der Waals surface area contributed by atoms with Crippen LogP contribution in [0.4, 0.5) is 0 Å². The van der Waals surface area contributed by atoms with Crippen molar-refractivity contribution in [3.8, 4) is 46.0 Å². The van der Waals surface area contributed by atoms with E-state index in [1.54, 1.807) is 0 Å². The summed E-state index contributed by atoms with van der Waals surface area (Å²) in [7, 11) is 0. The van der Waals surface area contributed by atoms with Crippen LogP contribution in [-0.4, -0.2) is 53.6 Å². The van der Waals surface area contributed by atoms with E-state index in [1.807, 2.05) is 48.5 Å². The number of hydrogen-bond donors (Lipinski definition) is 0. The first kappa shape index (κ1) is 30.7. The molecule has 0 radical (unpaired) electrons.